The van der Waals surface area contributed by atoms with Crippen LogP contribution in [-0.4, -0.2) is 71.3 Å². The molecule has 3 aliphatic rings. The fourth-order valence-corrected chi connectivity index (χ4v) is 4.97. The van der Waals surface area contributed by atoms with Crippen LogP contribution in [0.5, 0.6) is 0 Å². The minimum atomic E-state index is -0.250. The molecule has 3 atom stereocenters. The van der Waals surface area contributed by atoms with Crippen LogP contribution in [0.2, 0.25) is 0 Å². The Bertz CT molecular complexity index is 678. The number of nitrogens with zero attached hydrogens (tertiary/aromatic N) is 2. The van der Waals surface area contributed by atoms with E-state index >= 15 is 0 Å². The van der Waals surface area contributed by atoms with Crippen LogP contribution in [0.15, 0.2) is 24.5 Å². The SMILES string of the molecule is O=C(Nc1cccnc1)[C@@H]1CO[C@@H]2CCN(CC3CCCCC3)C[C@@H]2C1.O=CO.O=CO. The van der Waals surface area contributed by atoms with E-state index in [1.165, 1.54) is 38.6 Å². The summed E-state index contributed by atoms with van der Waals surface area (Å²) >= 11 is 0. The number of hydrogen-bond acceptors (Lipinski definition) is 6. The Kier molecular flexibility index (Phi) is 11.7. The standard InChI is InChI=1S/C21H31N3O2.2CH2O2/c25-21(23-19-7-4-9-22-12-19)18-11-17-14-24(10-8-20(17)26-15-18)13-16-5-2-1-3-6-16;2*2-1-3/h4,7,9,12,16-18,20H,1-3,5-6,8,10-11,13-15H2,(H,23,25);2*1H,(H,2,3)/t17-,18-,20+;;/m0../s1. The summed E-state index contributed by atoms with van der Waals surface area (Å²) in [7, 11) is 0. The number of pyridine rings is 1. The van der Waals surface area contributed by atoms with E-state index in [1.54, 1.807) is 12.4 Å². The Balaban J connectivity index is 0.000000547. The molecule has 2 saturated heterocycles. The summed E-state index contributed by atoms with van der Waals surface area (Å²) in [5.74, 6) is 1.40. The molecular formula is C23H35N3O6. The quantitative estimate of drug-likeness (QED) is 0.599. The van der Waals surface area contributed by atoms with Crippen molar-refractivity contribution in [2.45, 2.75) is 51.0 Å². The number of rotatable bonds is 4. The first-order valence-corrected chi connectivity index (χ1v) is 11.3. The van der Waals surface area contributed by atoms with Gasteiger partial charge in [-0.25, -0.2) is 0 Å². The number of anilines is 1. The van der Waals surface area contributed by atoms with E-state index < -0.39 is 0 Å². The molecule has 1 saturated carbocycles. The zero-order chi connectivity index (χ0) is 23.2. The van der Waals surface area contributed by atoms with E-state index in [-0.39, 0.29) is 24.8 Å². The number of piperidine rings is 1. The lowest BCUT2D eigenvalue weighted by molar-refractivity contribution is -0.134. The van der Waals surface area contributed by atoms with Gasteiger partial charge >= 0.3 is 0 Å². The highest BCUT2D eigenvalue weighted by atomic mass is 16.5. The number of fused-ring (bicyclic) bond motifs is 1. The third kappa shape index (κ3) is 8.55. The van der Waals surface area contributed by atoms with Gasteiger partial charge in [-0.05, 0) is 49.7 Å². The van der Waals surface area contributed by atoms with Gasteiger partial charge in [-0.1, -0.05) is 19.3 Å². The van der Waals surface area contributed by atoms with Crippen molar-refractivity contribution in [2.75, 3.05) is 31.6 Å². The Labute approximate surface area is 189 Å². The number of carbonyl (C=O) groups excluding carboxylic acids is 1. The molecular weight excluding hydrogens is 414 g/mol. The molecule has 4 rings (SSSR count). The van der Waals surface area contributed by atoms with Gasteiger partial charge in [-0.3, -0.25) is 19.4 Å². The minimum absolute atomic E-state index is 0.0499. The molecule has 9 nitrogen and oxygen atoms in total. The summed E-state index contributed by atoms with van der Waals surface area (Å²) in [5, 5.41) is 16.8. The van der Waals surface area contributed by atoms with E-state index in [0.29, 0.717) is 18.6 Å². The topological polar surface area (TPSA) is 129 Å². The molecule has 1 amide bonds. The van der Waals surface area contributed by atoms with Crippen LogP contribution in [0, 0.1) is 17.8 Å². The van der Waals surface area contributed by atoms with Crippen LogP contribution < -0.4 is 5.32 Å². The molecule has 1 aromatic rings. The molecule has 0 aromatic carbocycles. The second-order valence-corrected chi connectivity index (χ2v) is 8.56. The van der Waals surface area contributed by atoms with Crippen LogP contribution in [0.1, 0.15) is 44.9 Å². The van der Waals surface area contributed by atoms with Crippen LogP contribution in [0.25, 0.3) is 0 Å². The Hall–Kier alpha value is -2.52. The van der Waals surface area contributed by atoms with Gasteiger partial charge in [0.2, 0.25) is 5.91 Å². The van der Waals surface area contributed by atoms with Crippen LogP contribution in [-0.2, 0) is 19.1 Å². The minimum Gasteiger partial charge on any atom is -0.483 e. The highest BCUT2D eigenvalue weighted by Crippen LogP contribution is 2.33. The van der Waals surface area contributed by atoms with Crippen LogP contribution >= 0.6 is 0 Å². The number of aromatic nitrogens is 1. The fraction of sp³-hybridized carbons (Fsp3) is 0.652. The van der Waals surface area contributed by atoms with Crippen molar-refractivity contribution in [3.8, 4) is 0 Å². The van der Waals surface area contributed by atoms with Crippen LogP contribution in [0.3, 0.4) is 0 Å². The Morgan fingerprint density at radius 3 is 2.56 bits per heavy atom. The summed E-state index contributed by atoms with van der Waals surface area (Å²) in [4.78, 5) is 36.0. The maximum Gasteiger partial charge on any atom is 0.290 e. The number of hydrogen-bond donors (Lipinski definition) is 3. The zero-order valence-corrected chi connectivity index (χ0v) is 18.5. The maximum atomic E-state index is 12.6. The molecule has 0 radical (unpaired) electrons. The van der Waals surface area contributed by atoms with Gasteiger partial charge in [0.25, 0.3) is 12.9 Å². The molecule has 2 aliphatic heterocycles. The number of ether oxygens (including phenoxy) is 1. The Morgan fingerprint density at radius 2 is 1.91 bits per heavy atom. The summed E-state index contributed by atoms with van der Waals surface area (Å²) in [6.45, 7) is 3.55. The van der Waals surface area contributed by atoms with Crippen molar-refractivity contribution in [1.29, 1.82) is 0 Å². The molecule has 0 spiro atoms. The van der Waals surface area contributed by atoms with E-state index in [4.69, 9.17) is 24.5 Å². The highest BCUT2D eigenvalue weighted by Gasteiger charge is 2.38. The first-order valence-electron chi connectivity index (χ1n) is 11.3. The van der Waals surface area contributed by atoms with Gasteiger partial charge in [0.1, 0.15) is 0 Å². The maximum absolute atomic E-state index is 12.6. The zero-order valence-electron chi connectivity index (χ0n) is 18.5. The van der Waals surface area contributed by atoms with Crippen LogP contribution in [0.4, 0.5) is 5.69 Å². The van der Waals surface area contributed by atoms with Gasteiger partial charge in [0.05, 0.1) is 30.5 Å². The molecule has 0 unspecified atom stereocenters. The lowest BCUT2D eigenvalue weighted by Gasteiger charge is -2.44. The predicted molar refractivity (Wildman–Crippen MR) is 119 cm³/mol. The summed E-state index contributed by atoms with van der Waals surface area (Å²) in [6.07, 6.45) is 12.8. The van der Waals surface area contributed by atoms with Crippen molar-refractivity contribution < 1.29 is 29.3 Å². The van der Waals surface area contributed by atoms with E-state index in [9.17, 15) is 4.79 Å². The summed E-state index contributed by atoms with van der Waals surface area (Å²) in [6, 6.07) is 3.72. The van der Waals surface area contributed by atoms with Gasteiger partial charge in [0.15, 0.2) is 0 Å². The molecule has 3 N–H and O–H groups in total. The molecule has 32 heavy (non-hydrogen) atoms. The molecule has 0 bridgehead atoms. The van der Waals surface area contributed by atoms with E-state index in [0.717, 1.165) is 37.5 Å². The number of likely N-dealkylation sites (tertiary alicyclic amines) is 1. The second-order valence-electron chi connectivity index (χ2n) is 8.56. The first-order chi connectivity index (χ1) is 15.6. The predicted octanol–water partition coefficient (Wildman–Crippen LogP) is 2.73. The van der Waals surface area contributed by atoms with Gasteiger partial charge in [0, 0.05) is 25.8 Å². The monoisotopic (exact) mass is 449 g/mol. The van der Waals surface area contributed by atoms with Crippen molar-refractivity contribution in [3.63, 3.8) is 0 Å². The summed E-state index contributed by atoms with van der Waals surface area (Å²) < 4.78 is 6.09. The first kappa shape index (κ1) is 25.7. The summed E-state index contributed by atoms with van der Waals surface area (Å²) in [5.41, 5.74) is 0.766. The number of nitrogens with one attached hydrogen (secondary N) is 1. The molecule has 3 heterocycles. The number of carbonyl (C=O) groups is 3. The number of amides is 1. The third-order valence-electron chi connectivity index (χ3n) is 6.39. The van der Waals surface area contributed by atoms with Gasteiger partial charge < -0.3 is 25.2 Å². The van der Waals surface area contributed by atoms with Crippen molar-refractivity contribution >= 4 is 24.5 Å². The fourth-order valence-electron chi connectivity index (χ4n) is 4.97. The van der Waals surface area contributed by atoms with Crippen molar-refractivity contribution in [2.24, 2.45) is 17.8 Å². The van der Waals surface area contributed by atoms with Gasteiger partial charge in [-0.15, -0.1) is 0 Å². The van der Waals surface area contributed by atoms with E-state index in [2.05, 4.69) is 15.2 Å². The molecule has 9 heteroatoms. The molecule has 3 fully saturated rings. The van der Waals surface area contributed by atoms with Crippen molar-refractivity contribution in [3.05, 3.63) is 24.5 Å². The molecule has 1 aromatic heterocycles. The normalized spacial score (nSPS) is 25.6. The largest absolute Gasteiger partial charge is 0.483 e. The average molecular weight is 450 g/mol. The number of carboxylic acid groups (broad SMARTS) is 2. The Morgan fingerprint density at radius 1 is 1.19 bits per heavy atom. The lowest BCUT2D eigenvalue weighted by atomic mass is 9.82. The smallest absolute Gasteiger partial charge is 0.290 e. The average Bonchev–Trinajstić information content (AvgIpc) is 2.81. The highest BCUT2D eigenvalue weighted by molar-refractivity contribution is 5.92. The second kappa shape index (κ2) is 14.5. The van der Waals surface area contributed by atoms with Crippen molar-refractivity contribution in [1.82, 2.24) is 9.88 Å². The van der Waals surface area contributed by atoms with Gasteiger partial charge in [-0.2, -0.15) is 0 Å². The van der Waals surface area contributed by atoms with E-state index in [1.807, 2.05) is 12.1 Å². The lowest BCUT2D eigenvalue weighted by Crippen LogP contribution is -2.50. The third-order valence-corrected chi connectivity index (χ3v) is 6.39. The molecule has 178 valence electrons. The molecule has 1 aliphatic carbocycles.